The van der Waals surface area contributed by atoms with Crippen LogP contribution >= 0.6 is 11.6 Å². The molecular weight excluding hydrogens is 445 g/mol. The van der Waals surface area contributed by atoms with Crippen LogP contribution in [0.25, 0.3) is 10.8 Å². The lowest BCUT2D eigenvalue weighted by molar-refractivity contribution is -0.351. The third kappa shape index (κ3) is 5.72. The Morgan fingerprint density at radius 1 is 0.906 bits per heavy atom. The minimum absolute atomic E-state index is 0.0664. The van der Waals surface area contributed by atoms with Crippen LogP contribution in [0.4, 0.5) is 18.9 Å². The molecular formula is C23H24ClF3N2O3. The van der Waals surface area contributed by atoms with Crippen molar-refractivity contribution >= 4 is 39.9 Å². The number of fused-ring (bicyclic) bond motifs is 1. The Kier molecular flexibility index (Phi) is 6.62. The molecule has 0 saturated heterocycles. The van der Waals surface area contributed by atoms with Gasteiger partial charge in [0, 0.05) is 28.6 Å². The number of amides is 2. The van der Waals surface area contributed by atoms with Crippen LogP contribution in [0.3, 0.4) is 0 Å². The number of carbonyl (C=O) groups is 2. The van der Waals surface area contributed by atoms with Gasteiger partial charge in [-0.1, -0.05) is 23.7 Å². The van der Waals surface area contributed by atoms with Gasteiger partial charge in [0.25, 0.3) is 0 Å². The molecule has 2 aliphatic carbocycles. The van der Waals surface area contributed by atoms with E-state index >= 15 is 0 Å². The molecule has 0 bridgehead atoms. The highest BCUT2D eigenvalue weighted by molar-refractivity contribution is 6.31. The van der Waals surface area contributed by atoms with E-state index in [2.05, 4.69) is 15.4 Å². The molecule has 0 heterocycles. The summed E-state index contributed by atoms with van der Waals surface area (Å²) in [4.78, 5) is 25.1. The second kappa shape index (κ2) is 9.27. The number of nitrogens with one attached hydrogen (secondary N) is 2. The van der Waals surface area contributed by atoms with Crippen LogP contribution in [0.1, 0.15) is 38.5 Å². The van der Waals surface area contributed by atoms with E-state index in [1.165, 1.54) is 0 Å². The van der Waals surface area contributed by atoms with Gasteiger partial charge in [-0.25, -0.2) is 0 Å². The zero-order valence-electron chi connectivity index (χ0n) is 17.3. The Bertz CT molecular complexity index is 1000. The standard InChI is InChI=1S/C23H24ClF3N2O3/c24-17-7-5-16-10-18(8-6-15(16)9-17)28-21(30)13-1-3-14(4-2-13)22(31)29-19-11-20(12-19)32-23(25,26)27/h5-10,13-14,19-20H,1-4,11-12H2,(H,28,30)(H,29,31). The summed E-state index contributed by atoms with van der Waals surface area (Å²) in [6, 6.07) is 10.9. The molecule has 0 radical (unpaired) electrons. The summed E-state index contributed by atoms with van der Waals surface area (Å²) < 4.78 is 40.5. The van der Waals surface area contributed by atoms with E-state index in [-0.39, 0.29) is 42.5 Å². The van der Waals surface area contributed by atoms with Crippen molar-refractivity contribution in [2.45, 2.75) is 57.0 Å². The van der Waals surface area contributed by atoms with Gasteiger partial charge in [0.15, 0.2) is 0 Å². The summed E-state index contributed by atoms with van der Waals surface area (Å²) in [5.41, 5.74) is 0.713. The SMILES string of the molecule is O=C(Nc1ccc2cc(Cl)ccc2c1)C1CCC(C(=O)NC2CC(OC(F)(F)F)C2)CC1. The minimum Gasteiger partial charge on any atom is -0.353 e. The molecule has 0 aliphatic heterocycles. The maximum atomic E-state index is 12.7. The first kappa shape index (κ1) is 22.9. The molecule has 2 aromatic carbocycles. The van der Waals surface area contributed by atoms with Crippen LogP contribution in [-0.4, -0.2) is 30.3 Å². The molecule has 0 aromatic heterocycles. The normalized spacial score (nSPS) is 25.8. The molecule has 0 atom stereocenters. The molecule has 2 N–H and O–H groups in total. The van der Waals surface area contributed by atoms with Gasteiger partial charge < -0.3 is 10.6 Å². The first-order valence-electron chi connectivity index (χ1n) is 10.7. The van der Waals surface area contributed by atoms with Crippen LogP contribution in [0.15, 0.2) is 36.4 Å². The van der Waals surface area contributed by atoms with Crippen molar-refractivity contribution in [3.8, 4) is 0 Å². The predicted molar refractivity (Wildman–Crippen MR) is 115 cm³/mol. The third-order valence-electron chi connectivity index (χ3n) is 6.28. The van der Waals surface area contributed by atoms with E-state index in [1.807, 2.05) is 30.3 Å². The Labute approximate surface area is 188 Å². The summed E-state index contributed by atoms with van der Waals surface area (Å²) in [5.74, 6) is -0.601. The number of anilines is 1. The number of rotatable bonds is 5. The molecule has 2 fully saturated rings. The molecule has 2 aromatic rings. The largest absolute Gasteiger partial charge is 0.522 e. The Hall–Kier alpha value is -2.32. The van der Waals surface area contributed by atoms with Crippen LogP contribution in [0, 0.1) is 11.8 Å². The van der Waals surface area contributed by atoms with Gasteiger partial charge in [-0.05, 0) is 73.6 Å². The quantitative estimate of drug-likeness (QED) is 0.615. The molecule has 2 saturated carbocycles. The van der Waals surface area contributed by atoms with Gasteiger partial charge in [0.2, 0.25) is 11.8 Å². The lowest BCUT2D eigenvalue weighted by Crippen LogP contribution is -2.51. The van der Waals surface area contributed by atoms with E-state index in [9.17, 15) is 22.8 Å². The van der Waals surface area contributed by atoms with Crippen molar-refractivity contribution in [1.82, 2.24) is 5.32 Å². The number of halogens is 4. The number of carbonyl (C=O) groups excluding carboxylic acids is 2. The Morgan fingerprint density at radius 2 is 1.50 bits per heavy atom. The van der Waals surface area contributed by atoms with Crippen LogP contribution in [0.2, 0.25) is 5.02 Å². The van der Waals surface area contributed by atoms with Crippen molar-refractivity contribution < 1.29 is 27.5 Å². The van der Waals surface area contributed by atoms with E-state index < -0.39 is 12.5 Å². The molecule has 0 unspecified atom stereocenters. The molecule has 5 nitrogen and oxygen atoms in total. The number of benzene rings is 2. The number of alkyl halides is 3. The Morgan fingerprint density at radius 3 is 2.16 bits per heavy atom. The van der Waals surface area contributed by atoms with Gasteiger partial charge in [-0.3, -0.25) is 14.3 Å². The number of hydrogen-bond acceptors (Lipinski definition) is 3. The van der Waals surface area contributed by atoms with Crippen molar-refractivity contribution in [3.63, 3.8) is 0 Å². The molecule has 2 aliphatic rings. The maximum Gasteiger partial charge on any atom is 0.522 e. The minimum atomic E-state index is -4.64. The highest BCUT2D eigenvalue weighted by Gasteiger charge is 2.41. The first-order chi connectivity index (χ1) is 15.2. The highest BCUT2D eigenvalue weighted by Crippen LogP contribution is 2.33. The lowest BCUT2D eigenvalue weighted by atomic mass is 9.80. The number of ether oxygens (including phenoxy) is 1. The van der Waals surface area contributed by atoms with E-state index in [1.54, 1.807) is 6.07 Å². The van der Waals surface area contributed by atoms with Gasteiger partial charge >= 0.3 is 6.36 Å². The zero-order valence-corrected chi connectivity index (χ0v) is 18.0. The van der Waals surface area contributed by atoms with Gasteiger partial charge in [0.05, 0.1) is 6.10 Å². The van der Waals surface area contributed by atoms with E-state index in [0.717, 1.165) is 10.8 Å². The summed E-state index contributed by atoms with van der Waals surface area (Å²) in [6.07, 6.45) is -2.84. The summed E-state index contributed by atoms with van der Waals surface area (Å²) in [5, 5.41) is 8.39. The summed E-state index contributed by atoms with van der Waals surface area (Å²) >= 11 is 6.00. The van der Waals surface area contributed by atoms with E-state index in [0.29, 0.717) is 36.4 Å². The summed E-state index contributed by atoms with van der Waals surface area (Å²) in [7, 11) is 0. The molecule has 9 heteroatoms. The highest BCUT2D eigenvalue weighted by atomic mass is 35.5. The molecule has 0 spiro atoms. The van der Waals surface area contributed by atoms with Gasteiger partial charge in [0.1, 0.15) is 0 Å². The molecule has 172 valence electrons. The van der Waals surface area contributed by atoms with Crippen LogP contribution in [-0.2, 0) is 14.3 Å². The summed E-state index contributed by atoms with van der Waals surface area (Å²) in [6.45, 7) is 0. The average Bonchev–Trinajstić information content (AvgIpc) is 2.71. The molecule has 2 amide bonds. The third-order valence-corrected chi connectivity index (χ3v) is 6.52. The topological polar surface area (TPSA) is 67.4 Å². The van der Waals surface area contributed by atoms with Crippen molar-refractivity contribution in [3.05, 3.63) is 41.4 Å². The maximum absolute atomic E-state index is 12.7. The first-order valence-corrected chi connectivity index (χ1v) is 11.1. The van der Waals surface area contributed by atoms with Crippen molar-refractivity contribution in [2.75, 3.05) is 5.32 Å². The average molecular weight is 469 g/mol. The van der Waals surface area contributed by atoms with Crippen LogP contribution < -0.4 is 10.6 Å². The van der Waals surface area contributed by atoms with Crippen LogP contribution in [0.5, 0.6) is 0 Å². The smallest absolute Gasteiger partial charge is 0.353 e. The second-order valence-electron chi connectivity index (χ2n) is 8.61. The monoisotopic (exact) mass is 468 g/mol. The number of hydrogen-bond donors (Lipinski definition) is 2. The fraction of sp³-hybridized carbons (Fsp3) is 0.478. The van der Waals surface area contributed by atoms with Crippen molar-refractivity contribution in [1.29, 1.82) is 0 Å². The van der Waals surface area contributed by atoms with Gasteiger partial charge in [-0.2, -0.15) is 0 Å². The lowest BCUT2D eigenvalue weighted by Gasteiger charge is -2.37. The second-order valence-corrected chi connectivity index (χ2v) is 9.04. The Balaban J connectivity index is 1.22. The molecule has 4 rings (SSSR count). The van der Waals surface area contributed by atoms with Crippen molar-refractivity contribution in [2.24, 2.45) is 11.8 Å². The zero-order chi connectivity index (χ0) is 22.9. The fourth-order valence-electron chi connectivity index (χ4n) is 4.44. The van der Waals surface area contributed by atoms with E-state index in [4.69, 9.17) is 11.6 Å². The molecule has 32 heavy (non-hydrogen) atoms. The fourth-order valence-corrected chi connectivity index (χ4v) is 4.62. The predicted octanol–water partition coefficient (Wildman–Crippen LogP) is 5.42. The van der Waals surface area contributed by atoms with Gasteiger partial charge in [-0.15, -0.1) is 13.2 Å².